The largest absolute Gasteiger partial charge is 0.444 e. The van der Waals surface area contributed by atoms with Crippen molar-refractivity contribution in [3.05, 3.63) is 35.7 Å². The molecule has 1 aliphatic rings. The second-order valence-corrected chi connectivity index (χ2v) is 8.30. The summed E-state index contributed by atoms with van der Waals surface area (Å²) in [5.41, 5.74) is 3.55. The molecule has 2 amide bonds. The number of urea groups is 1. The van der Waals surface area contributed by atoms with Gasteiger partial charge in [-0.3, -0.25) is 0 Å². The topological polar surface area (TPSA) is 61.6 Å². The number of aromatic nitrogens is 1. The molecule has 0 radical (unpaired) electrons. The Labute approximate surface area is 174 Å². The second kappa shape index (κ2) is 9.92. The van der Waals surface area contributed by atoms with Gasteiger partial charge < -0.3 is 19.5 Å². The minimum absolute atomic E-state index is 0.0216. The van der Waals surface area contributed by atoms with Crippen molar-refractivity contribution in [2.75, 3.05) is 38.5 Å². The molecule has 1 aromatic carbocycles. The average Bonchev–Trinajstić information content (AvgIpc) is 3.15. The Morgan fingerprint density at radius 3 is 2.72 bits per heavy atom. The number of rotatable bonds is 7. The first-order valence-corrected chi connectivity index (χ1v) is 10.7. The fraction of sp³-hybridized carbons (Fsp3) is 0.565. The van der Waals surface area contributed by atoms with Crippen molar-refractivity contribution in [3.63, 3.8) is 0 Å². The molecule has 6 nitrogen and oxygen atoms in total. The lowest BCUT2D eigenvalue weighted by molar-refractivity contribution is 0.163. The molecule has 6 heteroatoms. The number of hydrogen-bond donors (Lipinski definition) is 1. The summed E-state index contributed by atoms with van der Waals surface area (Å²) in [6, 6.07) is 5.87. The predicted octanol–water partition coefficient (Wildman–Crippen LogP) is 4.93. The molecular weight excluding hydrogens is 364 g/mol. The lowest BCUT2D eigenvalue weighted by atomic mass is 9.96. The highest BCUT2D eigenvalue weighted by Gasteiger charge is 2.24. The Kier molecular flexibility index (Phi) is 7.31. The van der Waals surface area contributed by atoms with E-state index in [1.54, 1.807) is 6.26 Å². The molecule has 29 heavy (non-hydrogen) atoms. The number of benzene rings is 1. The van der Waals surface area contributed by atoms with E-state index in [9.17, 15) is 4.79 Å². The number of unbranched alkanes of at least 4 members (excludes halogenated alkanes) is 1. The van der Waals surface area contributed by atoms with E-state index >= 15 is 0 Å². The number of oxazole rings is 1. The summed E-state index contributed by atoms with van der Waals surface area (Å²) < 4.78 is 5.50. The number of nitrogens with one attached hydrogen (secondary N) is 1. The van der Waals surface area contributed by atoms with Gasteiger partial charge in [0.1, 0.15) is 6.26 Å². The van der Waals surface area contributed by atoms with Gasteiger partial charge in [-0.15, -0.1) is 0 Å². The summed E-state index contributed by atoms with van der Waals surface area (Å²) >= 11 is 0. The first kappa shape index (κ1) is 21.4. The van der Waals surface area contributed by atoms with Gasteiger partial charge in [0.2, 0.25) is 5.89 Å². The van der Waals surface area contributed by atoms with Crippen molar-refractivity contribution in [2.45, 2.75) is 46.5 Å². The summed E-state index contributed by atoms with van der Waals surface area (Å²) in [4.78, 5) is 21.6. The van der Waals surface area contributed by atoms with Gasteiger partial charge in [-0.05, 0) is 70.3 Å². The van der Waals surface area contributed by atoms with Crippen LogP contribution in [0.5, 0.6) is 0 Å². The van der Waals surface area contributed by atoms with E-state index in [1.165, 1.54) is 12.8 Å². The molecule has 2 heterocycles. The molecule has 1 aliphatic heterocycles. The zero-order chi connectivity index (χ0) is 20.8. The highest BCUT2D eigenvalue weighted by atomic mass is 16.3. The van der Waals surface area contributed by atoms with E-state index in [-0.39, 0.29) is 6.03 Å². The number of anilines is 1. The normalized spacial score (nSPS) is 15.1. The molecule has 3 rings (SSSR count). The molecule has 2 aromatic rings. The number of amides is 2. The van der Waals surface area contributed by atoms with Gasteiger partial charge in [-0.25, -0.2) is 9.78 Å². The Morgan fingerprint density at radius 1 is 1.31 bits per heavy atom. The Bertz CT molecular complexity index is 809. The standard InChI is InChI=1S/C23H34N4O2/c1-5-6-11-26(4)15-19-9-12-27(13-10-19)23(28)25-21-14-20(8-7-17(21)2)22-24-18(3)16-29-22/h7-8,14,16,19H,5-6,9-13,15H2,1-4H3,(H,25,28). The van der Waals surface area contributed by atoms with E-state index in [1.807, 2.05) is 36.9 Å². The van der Waals surface area contributed by atoms with Crippen molar-refractivity contribution in [3.8, 4) is 11.5 Å². The van der Waals surface area contributed by atoms with Crippen LogP contribution in [0.1, 0.15) is 43.9 Å². The van der Waals surface area contributed by atoms with Crippen molar-refractivity contribution in [1.82, 2.24) is 14.8 Å². The van der Waals surface area contributed by atoms with Crippen molar-refractivity contribution >= 4 is 11.7 Å². The maximum absolute atomic E-state index is 12.8. The minimum atomic E-state index is -0.0216. The lowest BCUT2D eigenvalue weighted by Crippen LogP contribution is -2.43. The van der Waals surface area contributed by atoms with E-state index in [0.717, 1.165) is 61.5 Å². The molecule has 0 saturated carbocycles. The number of piperidine rings is 1. The second-order valence-electron chi connectivity index (χ2n) is 8.30. The summed E-state index contributed by atoms with van der Waals surface area (Å²) in [5.74, 6) is 1.25. The molecule has 1 saturated heterocycles. The summed E-state index contributed by atoms with van der Waals surface area (Å²) in [6.45, 7) is 10.1. The van der Waals surface area contributed by atoms with Crippen LogP contribution in [-0.4, -0.2) is 54.0 Å². The van der Waals surface area contributed by atoms with Crippen LogP contribution in [0.15, 0.2) is 28.9 Å². The fourth-order valence-corrected chi connectivity index (χ4v) is 3.85. The molecule has 0 atom stereocenters. The number of hydrogen-bond acceptors (Lipinski definition) is 4. The van der Waals surface area contributed by atoms with Crippen LogP contribution in [0.4, 0.5) is 10.5 Å². The van der Waals surface area contributed by atoms with Crippen LogP contribution in [0.25, 0.3) is 11.5 Å². The van der Waals surface area contributed by atoms with Gasteiger partial charge in [0.15, 0.2) is 0 Å². The SMILES string of the molecule is CCCCN(C)CC1CCN(C(=O)Nc2cc(-c3nc(C)co3)ccc2C)CC1. The van der Waals surface area contributed by atoms with Gasteiger partial charge in [0, 0.05) is 30.9 Å². The fourth-order valence-electron chi connectivity index (χ4n) is 3.85. The van der Waals surface area contributed by atoms with Crippen LogP contribution in [0.2, 0.25) is 0 Å². The summed E-state index contributed by atoms with van der Waals surface area (Å²) in [7, 11) is 2.21. The molecule has 0 bridgehead atoms. The van der Waals surface area contributed by atoms with Crippen LogP contribution < -0.4 is 5.32 Å². The summed E-state index contributed by atoms with van der Waals surface area (Å²) in [6.07, 6.45) is 6.26. The first-order valence-electron chi connectivity index (χ1n) is 10.7. The van der Waals surface area contributed by atoms with Crippen LogP contribution in [-0.2, 0) is 0 Å². The zero-order valence-corrected chi connectivity index (χ0v) is 18.2. The number of aryl methyl sites for hydroxylation is 2. The highest BCUT2D eigenvalue weighted by Crippen LogP contribution is 2.26. The Balaban J connectivity index is 1.55. The maximum atomic E-state index is 12.8. The average molecular weight is 399 g/mol. The number of carbonyl (C=O) groups is 1. The van der Waals surface area contributed by atoms with Gasteiger partial charge in [0.05, 0.1) is 5.69 Å². The molecule has 1 N–H and O–H groups in total. The molecule has 0 aliphatic carbocycles. The Morgan fingerprint density at radius 2 is 2.07 bits per heavy atom. The van der Waals surface area contributed by atoms with E-state index in [2.05, 4.69) is 29.2 Å². The zero-order valence-electron chi connectivity index (χ0n) is 18.2. The maximum Gasteiger partial charge on any atom is 0.321 e. The smallest absolute Gasteiger partial charge is 0.321 e. The number of carbonyl (C=O) groups excluding carboxylic acids is 1. The lowest BCUT2D eigenvalue weighted by Gasteiger charge is -2.34. The van der Waals surface area contributed by atoms with E-state index in [4.69, 9.17) is 4.42 Å². The van der Waals surface area contributed by atoms with Gasteiger partial charge in [-0.1, -0.05) is 19.4 Å². The third-order valence-corrected chi connectivity index (χ3v) is 5.71. The van der Waals surface area contributed by atoms with E-state index < -0.39 is 0 Å². The quantitative estimate of drug-likeness (QED) is 0.718. The van der Waals surface area contributed by atoms with E-state index in [0.29, 0.717) is 11.8 Å². The van der Waals surface area contributed by atoms with Crippen LogP contribution >= 0.6 is 0 Å². The molecule has 0 unspecified atom stereocenters. The van der Waals surface area contributed by atoms with Crippen molar-refractivity contribution in [1.29, 1.82) is 0 Å². The Hall–Kier alpha value is -2.34. The third-order valence-electron chi connectivity index (χ3n) is 5.71. The first-order chi connectivity index (χ1) is 14.0. The van der Waals surface area contributed by atoms with Crippen molar-refractivity contribution in [2.24, 2.45) is 5.92 Å². The molecule has 1 fully saturated rings. The summed E-state index contributed by atoms with van der Waals surface area (Å²) in [5, 5.41) is 3.09. The monoisotopic (exact) mass is 398 g/mol. The predicted molar refractivity (Wildman–Crippen MR) is 117 cm³/mol. The molecular formula is C23H34N4O2. The number of nitrogens with zero attached hydrogens (tertiary/aromatic N) is 3. The molecule has 158 valence electrons. The highest BCUT2D eigenvalue weighted by molar-refractivity contribution is 5.91. The molecule has 0 spiro atoms. The third kappa shape index (κ3) is 5.82. The van der Waals surface area contributed by atoms with Crippen LogP contribution in [0, 0.1) is 19.8 Å². The van der Waals surface area contributed by atoms with Gasteiger partial charge in [0.25, 0.3) is 0 Å². The minimum Gasteiger partial charge on any atom is -0.444 e. The van der Waals surface area contributed by atoms with Gasteiger partial charge >= 0.3 is 6.03 Å². The number of likely N-dealkylation sites (tertiary alicyclic amines) is 1. The van der Waals surface area contributed by atoms with Crippen LogP contribution in [0.3, 0.4) is 0 Å². The molecule has 1 aromatic heterocycles. The van der Waals surface area contributed by atoms with Crippen molar-refractivity contribution < 1.29 is 9.21 Å². The van der Waals surface area contributed by atoms with Gasteiger partial charge in [-0.2, -0.15) is 0 Å².